The maximum atomic E-state index is 12.8. The van der Waals surface area contributed by atoms with E-state index in [0.717, 1.165) is 60.6 Å². The Hall–Kier alpha value is -2.54. The Morgan fingerprint density at radius 3 is 2.61 bits per heavy atom. The third kappa shape index (κ3) is 4.28. The van der Waals surface area contributed by atoms with E-state index in [2.05, 4.69) is 13.0 Å². The number of thioether (sulfide) groups is 1. The molecule has 0 saturated carbocycles. The molecule has 6 nitrogen and oxygen atoms in total. The van der Waals surface area contributed by atoms with E-state index in [1.165, 1.54) is 10.5 Å². The summed E-state index contributed by atoms with van der Waals surface area (Å²) >= 11 is 0.995. The van der Waals surface area contributed by atoms with Crippen LogP contribution in [0.3, 0.4) is 0 Å². The Balaban J connectivity index is 1.72. The van der Waals surface area contributed by atoms with Crippen molar-refractivity contribution in [3.63, 3.8) is 0 Å². The zero-order chi connectivity index (χ0) is 22.1. The third-order valence-electron chi connectivity index (χ3n) is 5.87. The zero-order valence-electron chi connectivity index (χ0n) is 18.4. The molecule has 0 aliphatic carbocycles. The maximum absolute atomic E-state index is 12.8. The maximum Gasteiger partial charge on any atom is 0.293 e. The molecule has 2 aliphatic rings. The van der Waals surface area contributed by atoms with Gasteiger partial charge in [-0.1, -0.05) is 39.0 Å². The van der Waals surface area contributed by atoms with E-state index in [-0.39, 0.29) is 29.5 Å². The number of amides is 3. The molecule has 2 aromatic rings. The van der Waals surface area contributed by atoms with Crippen LogP contribution in [0.5, 0.6) is 0 Å². The van der Waals surface area contributed by atoms with E-state index in [1.807, 2.05) is 47.7 Å². The van der Waals surface area contributed by atoms with Crippen molar-refractivity contribution in [1.82, 2.24) is 14.4 Å². The number of carbonyl (C=O) groups is 3. The minimum absolute atomic E-state index is 0.129. The molecular weight excluding hydrogens is 410 g/mol. The molecule has 0 radical (unpaired) electrons. The zero-order valence-corrected chi connectivity index (χ0v) is 19.2. The fourth-order valence-electron chi connectivity index (χ4n) is 4.37. The first-order valence-electron chi connectivity index (χ1n) is 11.0. The number of hydrogen-bond donors (Lipinski definition) is 0. The van der Waals surface area contributed by atoms with Gasteiger partial charge in [0.25, 0.3) is 11.1 Å². The van der Waals surface area contributed by atoms with E-state index in [0.29, 0.717) is 11.4 Å². The molecule has 1 aromatic carbocycles. The number of fused-ring (bicyclic) bond motifs is 1. The summed E-state index contributed by atoms with van der Waals surface area (Å²) in [5, 5.41) is 0.788. The van der Waals surface area contributed by atoms with E-state index in [1.54, 1.807) is 0 Å². The first-order chi connectivity index (χ1) is 14.9. The van der Waals surface area contributed by atoms with Crippen LogP contribution in [0.25, 0.3) is 17.0 Å². The van der Waals surface area contributed by atoms with Crippen molar-refractivity contribution >= 4 is 45.8 Å². The van der Waals surface area contributed by atoms with Crippen LogP contribution >= 0.6 is 11.8 Å². The number of carbonyl (C=O) groups excluding carboxylic acids is 3. The third-order valence-corrected chi connectivity index (χ3v) is 6.77. The molecule has 0 spiro atoms. The predicted molar refractivity (Wildman–Crippen MR) is 125 cm³/mol. The fraction of sp³-hybridized carbons (Fsp3) is 0.458. The van der Waals surface area contributed by atoms with Crippen molar-refractivity contribution in [2.75, 3.05) is 19.6 Å². The number of aromatic nitrogens is 1. The van der Waals surface area contributed by atoms with Crippen molar-refractivity contribution in [3.05, 3.63) is 40.4 Å². The van der Waals surface area contributed by atoms with Gasteiger partial charge in [-0.3, -0.25) is 19.3 Å². The number of para-hydroxylation sites is 1. The lowest BCUT2D eigenvalue weighted by Crippen LogP contribution is -2.31. The number of benzene rings is 1. The summed E-state index contributed by atoms with van der Waals surface area (Å²) in [4.78, 5) is 41.7. The number of aryl methyl sites for hydroxylation is 1. The first-order valence-corrected chi connectivity index (χ1v) is 11.8. The van der Waals surface area contributed by atoms with Crippen molar-refractivity contribution < 1.29 is 14.4 Å². The van der Waals surface area contributed by atoms with Gasteiger partial charge >= 0.3 is 0 Å². The van der Waals surface area contributed by atoms with Gasteiger partial charge in [-0.2, -0.15) is 0 Å². The summed E-state index contributed by atoms with van der Waals surface area (Å²) in [5.41, 5.74) is 3.07. The Labute approximate surface area is 187 Å². The molecule has 164 valence electrons. The number of nitrogens with zero attached hydrogens (tertiary/aromatic N) is 3. The summed E-state index contributed by atoms with van der Waals surface area (Å²) in [7, 11) is 0. The molecule has 0 N–H and O–H groups in total. The molecule has 0 unspecified atom stereocenters. The van der Waals surface area contributed by atoms with Gasteiger partial charge in [-0.05, 0) is 48.6 Å². The van der Waals surface area contributed by atoms with Crippen molar-refractivity contribution in [2.24, 2.45) is 5.92 Å². The molecule has 2 aliphatic heterocycles. The highest BCUT2D eigenvalue weighted by Gasteiger charge is 2.35. The van der Waals surface area contributed by atoms with E-state index < -0.39 is 0 Å². The van der Waals surface area contributed by atoms with Crippen LogP contribution < -0.4 is 0 Å². The van der Waals surface area contributed by atoms with Crippen molar-refractivity contribution in [3.8, 4) is 0 Å². The molecule has 0 atom stereocenters. The summed E-state index contributed by atoms with van der Waals surface area (Å²) in [5.74, 6) is 0.118. The van der Waals surface area contributed by atoms with Gasteiger partial charge in [0.05, 0.1) is 10.4 Å². The highest BCUT2D eigenvalue weighted by atomic mass is 32.2. The van der Waals surface area contributed by atoms with E-state index in [4.69, 9.17) is 0 Å². The quantitative estimate of drug-likeness (QED) is 0.621. The van der Waals surface area contributed by atoms with E-state index >= 15 is 0 Å². The van der Waals surface area contributed by atoms with Gasteiger partial charge in [0.1, 0.15) is 6.54 Å². The normalized spacial score (nSPS) is 18.4. The second-order valence-electron chi connectivity index (χ2n) is 8.65. The fourth-order valence-corrected chi connectivity index (χ4v) is 5.21. The molecule has 0 bridgehead atoms. The molecule has 7 heteroatoms. The highest BCUT2D eigenvalue weighted by Crippen LogP contribution is 2.35. The van der Waals surface area contributed by atoms with Crippen LogP contribution in [0.15, 0.2) is 29.3 Å². The molecule has 3 heterocycles. The Morgan fingerprint density at radius 2 is 1.94 bits per heavy atom. The van der Waals surface area contributed by atoms with E-state index in [9.17, 15) is 14.4 Å². The minimum atomic E-state index is -0.232. The van der Waals surface area contributed by atoms with Crippen LogP contribution in [0.1, 0.15) is 44.7 Å². The SMILES string of the molecule is CCc1cccc2c(/C=C3\SC(=O)N(CC(C)C)C3=O)cn(CC(=O)N3CCCC3)c12. The van der Waals surface area contributed by atoms with Crippen LogP contribution in [-0.2, 0) is 22.6 Å². The standard InChI is InChI=1S/C24H29N3O3S/c1-4-17-8-7-9-19-18(12-20-23(29)27(13-16(2)3)24(30)31-20)14-26(22(17)19)15-21(28)25-10-5-6-11-25/h7-9,12,14,16H,4-6,10-11,13,15H2,1-3H3/b20-12-. The molecule has 4 rings (SSSR count). The van der Waals surface area contributed by atoms with Gasteiger partial charge in [-0.25, -0.2) is 0 Å². The van der Waals surface area contributed by atoms with Crippen LogP contribution in [-0.4, -0.2) is 51.1 Å². The largest absolute Gasteiger partial charge is 0.341 e. The Kier molecular flexibility index (Phi) is 6.23. The number of likely N-dealkylation sites (tertiary alicyclic amines) is 1. The first kappa shape index (κ1) is 21.7. The summed E-state index contributed by atoms with van der Waals surface area (Å²) < 4.78 is 2.01. The van der Waals surface area contributed by atoms with Crippen LogP contribution in [0, 0.1) is 5.92 Å². The van der Waals surface area contributed by atoms with Gasteiger partial charge in [0, 0.05) is 36.8 Å². The molecular formula is C24H29N3O3S. The minimum Gasteiger partial charge on any atom is -0.341 e. The number of hydrogen-bond acceptors (Lipinski definition) is 4. The lowest BCUT2D eigenvalue weighted by molar-refractivity contribution is -0.130. The predicted octanol–water partition coefficient (Wildman–Crippen LogP) is 4.52. The topological polar surface area (TPSA) is 62.6 Å². The number of imide groups is 1. The van der Waals surface area contributed by atoms with Gasteiger partial charge < -0.3 is 9.47 Å². The summed E-state index contributed by atoms with van der Waals surface area (Å²) in [6, 6.07) is 6.12. The lowest BCUT2D eigenvalue weighted by atomic mass is 10.1. The summed E-state index contributed by atoms with van der Waals surface area (Å²) in [6.07, 6.45) is 6.74. The summed E-state index contributed by atoms with van der Waals surface area (Å²) in [6.45, 7) is 8.45. The van der Waals surface area contributed by atoms with Crippen molar-refractivity contribution in [2.45, 2.75) is 46.6 Å². The van der Waals surface area contributed by atoms with Crippen LogP contribution in [0.4, 0.5) is 4.79 Å². The monoisotopic (exact) mass is 439 g/mol. The van der Waals surface area contributed by atoms with Crippen molar-refractivity contribution in [1.29, 1.82) is 0 Å². The molecule has 1 aromatic heterocycles. The Bertz CT molecular complexity index is 1060. The number of rotatable bonds is 6. The highest BCUT2D eigenvalue weighted by molar-refractivity contribution is 8.18. The molecule has 31 heavy (non-hydrogen) atoms. The molecule has 2 saturated heterocycles. The average Bonchev–Trinajstić information content (AvgIpc) is 3.45. The van der Waals surface area contributed by atoms with Gasteiger partial charge in [0.2, 0.25) is 5.91 Å². The average molecular weight is 440 g/mol. The lowest BCUT2D eigenvalue weighted by Gasteiger charge is -2.16. The second kappa shape index (κ2) is 8.91. The van der Waals surface area contributed by atoms with Crippen LogP contribution in [0.2, 0.25) is 0 Å². The smallest absolute Gasteiger partial charge is 0.293 e. The second-order valence-corrected chi connectivity index (χ2v) is 9.65. The van der Waals surface area contributed by atoms with Gasteiger partial charge in [0.15, 0.2) is 0 Å². The molecule has 3 amide bonds. The Morgan fingerprint density at radius 1 is 1.19 bits per heavy atom. The van der Waals surface area contributed by atoms with Gasteiger partial charge in [-0.15, -0.1) is 0 Å². The molecule has 2 fully saturated rings.